The highest BCUT2D eigenvalue weighted by atomic mass is 16.5. The van der Waals surface area contributed by atoms with E-state index in [1.165, 1.54) is 66.4 Å². The van der Waals surface area contributed by atoms with E-state index >= 15 is 0 Å². The maximum atomic E-state index is 14.1. The Morgan fingerprint density at radius 2 is 1.73 bits per heavy atom. The van der Waals surface area contributed by atoms with E-state index in [4.69, 9.17) is 4.74 Å². The van der Waals surface area contributed by atoms with Crippen LogP contribution in [0.15, 0.2) is 84.6 Å². The molecular formula is C39H43N3O2. The Balaban J connectivity index is 1.03. The zero-order chi connectivity index (χ0) is 29.6. The fraction of sp³-hybridized carbons (Fsp3) is 0.410. The van der Waals surface area contributed by atoms with Crippen LogP contribution in [0.4, 0.5) is 0 Å². The molecule has 5 heterocycles. The van der Waals surface area contributed by atoms with E-state index in [-0.39, 0.29) is 0 Å². The highest BCUT2D eigenvalue weighted by Gasteiger charge is 2.51. The minimum atomic E-state index is 0.294. The van der Waals surface area contributed by atoms with E-state index < -0.39 is 0 Å². The molecule has 8 rings (SSSR count). The summed E-state index contributed by atoms with van der Waals surface area (Å²) in [5, 5.41) is 1.23. The fourth-order valence-corrected chi connectivity index (χ4v) is 8.83. The molecule has 4 fully saturated rings. The molecule has 3 aromatic carbocycles. The molecule has 0 saturated carbocycles. The Labute approximate surface area is 261 Å². The predicted molar refractivity (Wildman–Crippen MR) is 177 cm³/mol. The quantitative estimate of drug-likeness (QED) is 0.221. The highest BCUT2D eigenvalue weighted by molar-refractivity contribution is 6.01. The summed E-state index contributed by atoms with van der Waals surface area (Å²) in [5.74, 6) is 2.48. The Morgan fingerprint density at radius 3 is 2.57 bits per heavy atom. The van der Waals surface area contributed by atoms with Crippen molar-refractivity contribution in [2.75, 3.05) is 19.6 Å². The molecule has 0 N–H and O–H groups in total. The number of hydrogen-bond donors (Lipinski definition) is 0. The number of hydrogen-bond acceptors (Lipinski definition) is 3. The molecule has 4 aromatic rings. The van der Waals surface area contributed by atoms with Gasteiger partial charge in [-0.15, -0.1) is 0 Å². The molecule has 4 aliphatic heterocycles. The Morgan fingerprint density at radius 1 is 0.909 bits per heavy atom. The molecule has 5 heteroatoms. The van der Waals surface area contributed by atoms with Crippen LogP contribution in [-0.2, 0) is 17.9 Å². The molecule has 226 valence electrons. The zero-order valence-corrected chi connectivity index (χ0v) is 25.8. The lowest BCUT2D eigenvalue weighted by Crippen LogP contribution is -2.66. The first kappa shape index (κ1) is 27.7. The average molecular weight is 586 g/mol. The van der Waals surface area contributed by atoms with Gasteiger partial charge in [-0.1, -0.05) is 54.1 Å². The van der Waals surface area contributed by atoms with Crippen LogP contribution in [0.2, 0.25) is 0 Å². The molecule has 0 unspecified atom stereocenters. The largest absolute Gasteiger partial charge is 0.489 e. The minimum absolute atomic E-state index is 0.294. The van der Waals surface area contributed by atoms with Gasteiger partial charge in [-0.05, 0) is 112 Å². The van der Waals surface area contributed by atoms with E-state index in [1.807, 2.05) is 18.2 Å². The minimum Gasteiger partial charge on any atom is -0.489 e. The van der Waals surface area contributed by atoms with Gasteiger partial charge in [-0.2, -0.15) is 0 Å². The van der Waals surface area contributed by atoms with Gasteiger partial charge in [0.2, 0.25) is 5.91 Å². The van der Waals surface area contributed by atoms with E-state index in [0.717, 1.165) is 42.8 Å². The number of carbonyl (C=O) groups is 1. The van der Waals surface area contributed by atoms with Crippen molar-refractivity contribution in [1.29, 1.82) is 0 Å². The van der Waals surface area contributed by atoms with Crippen LogP contribution >= 0.6 is 0 Å². The number of fused-ring (bicyclic) bond motifs is 3. The standard InChI is InChI=1S/C39H43N3O2/c1-27-11-17-36-35(21-27)32(24-41(36)23-28-12-15-33(16-13-28)44-26-29-7-3-2-4-8-29)22-30-14-18-37-34-10-6-20-40-19-5-9-31(38(34)40)25-42(37)39(30)43/h2-4,7-8,11-13,15-17,21-22,24,31,34,37-38H,5-6,9-10,14,18-20,23,25-26H2,1H3/b30-22+/t31-,34-,37-,38+/m1/s1. The second-order valence-corrected chi connectivity index (χ2v) is 13.6. The SMILES string of the molecule is Cc1ccc2c(c1)c(/C=C1\CC[C@@H]3[C@H]4CCCN5CCC[C@H](CN3C1=O)[C@@H]45)cn2Cc1ccc(OCc2ccccc2)cc1. The summed E-state index contributed by atoms with van der Waals surface area (Å²) in [6.45, 7) is 6.96. The van der Waals surface area contributed by atoms with E-state index in [0.29, 0.717) is 36.4 Å². The molecule has 4 saturated heterocycles. The van der Waals surface area contributed by atoms with Gasteiger partial charge >= 0.3 is 0 Å². The van der Waals surface area contributed by atoms with Crippen molar-refractivity contribution >= 4 is 22.9 Å². The third-order valence-electron chi connectivity index (χ3n) is 10.8. The molecule has 44 heavy (non-hydrogen) atoms. The van der Waals surface area contributed by atoms with Crippen molar-refractivity contribution in [3.63, 3.8) is 0 Å². The first-order valence-electron chi connectivity index (χ1n) is 16.7. The molecule has 0 radical (unpaired) electrons. The summed E-state index contributed by atoms with van der Waals surface area (Å²) < 4.78 is 8.35. The molecule has 5 nitrogen and oxygen atoms in total. The number of carbonyl (C=O) groups excluding carboxylic acids is 1. The number of nitrogens with zero attached hydrogens (tertiary/aromatic N) is 3. The van der Waals surface area contributed by atoms with Crippen molar-refractivity contribution in [3.05, 3.63) is 107 Å². The van der Waals surface area contributed by atoms with Crippen molar-refractivity contribution in [2.45, 2.75) is 70.7 Å². The first-order chi connectivity index (χ1) is 21.6. The second-order valence-electron chi connectivity index (χ2n) is 13.6. The zero-order valence-electron chi connectivity index (χ0n) is 25.8. The lowest BCUT2D eigenvalue weighted by molar-refractivity contribution is -0.145. The molecule has 0 spiro atoms. The maximum absolute atomic E-state index is 14.1. The van der Waals surface area contributed by atoms with Crippen LogP contribution in [0, 0.1) is 18.8 Å². The maximum Gasteiger partial charge on any atom is 0.250 e. The summed E-state index contributed by atoms with van der Waals surface area (Å²) in [7, 11) is 0. The van der Waals surface area contributed by atoms with E-state index in [1.54, 1.807) is 0 Å². The smallest absolute Gasteiger partial charge is 0.250 e. The number of aromatic nitrogens is 1. The number of piperidine rings is 4. The van der Waals surface area contributed by atoms with Crippen LogP contribution in [0.3, 0.4) is 0 Å². The van der Waals surface area contributed by atoms with Crippen LogP contribution < -0.4 is 4.74 Å². The average Bonchev–Trinajstić information content (AvgIpc) is 3.38. The predicted octanol–water partition coefficient (Wildman–Crippen LogP) is 7.46. The van der Waals surface area contributed by atoms with Crippen LogP contribution in [-0.4, -0.2) is 52.0 Å². The van der Waals surface area contributed by atoms with Gasteiger partial charge in [0.05, 0.1) is 0 Å². The van der Waals surface area contributed by atoms with Crippen LogP contribution in [0.1, 0.15) is 60.8 Å². The van der Waals surface area contributed by atoms with Crippen molar-refractivity contribution in [1.82, 2.24) is 14.4 Å². The number of aryl methyl sites for hydroxylation is 1. The molecule has 0 aliphatic carbocycles. The van der Waals surface area contributed by atoms with Crippen molar-refractivity contribution in [3.8, 4) is 5.75 Å². The van der Waals surface area contributed by atoms with Gasteiger partial charge < -0.3 is 14.2 Å². The van der Waals surface area contributed by atoms with Gasteiger partial charge in [0.15, 0.2) is 0 Å². The molecule has 4 atom stereocenters. The van der Waals surface area contributed by atoms with E-state index in [9.17, 15) is 4.79 Å². The van der Waals surface area contributed by atoms with Gasteiger partial charge in [0.25, 0.3) is 0 Å². The normalized spacial score (nSPS) is 26.1. The molecular weight excluding hydrogens is 542 g/mol. The highest BCUT2D eigenvalue weighted by Crippen LogP contribution is 2.45. The summed E-state index contributed by atoms with van der Waals surface area (Å²) >= 11 is 0. The topological polar surface area (TPSA) is 37.7 Å². The Hall–Kier alpha value is -3.83. The second kappa shape index (κ2) is 11.6. The van der Waals surface area contributed by atoms with Gasteiger partial charge in [-0.25, -0.2) is 0 Å². The number of ether oxygens (including phenoxy) is 1. The van der Waals surface area contributed by atoms with Gasteiger partial charge in [-0.3, -0.25) is 9.69 Å². The first-order valence-corrected chi connectivity index (χ1v) is 16.7. The van der Waals surface area contributed by atoms with Crippen LogP contribution in [0.5, 0.6) is 5.75 Å². The summed E-state index contributed by atoms with van der Waals surface area (Å²) in [5.41, 5.74) is 6.98. The lowest BCUT2D eigenvalue weighted by Gasteiger charge is -2.58. The number of benzene rings is 3. The third-order valence-corrected chi connectivity index (χ3v) is 10.8. The van der Waals surface area contributed by atoms with Crippen molar-refractivity contribution in [2.24, 2.45) is 11.8 Å². The monoisotopic (exact) mass is 585 g/mol. The molecule has 4 aliphatic rings. The number of amides is 1. The third kappa shape index (κ3) is 5.15. The van der Waals surface area contributed by atoms with Crippen molar-refractivity contribution < 1.29 is 9.53 Å². The van der Waals surface area contributed by atoms with Crippen LogP contribution in [0.25, 0.3) is 17.0 Å². The van der Waals surface area contributed by atoms with E-state index in [2.05, 4.69) is 88.2 Å². The van der Waals surface area contributed by atoms with Gasteiger partial charge in [0, 0.05) is 53.4 Å². The Kier molecular flexibility index (Phi) is 7.30. The fourth-order valence-electron chi connectivity index (χ4n) is 8.83. The lowest BCUT2D eigenvalue weighted by atomic mass is 9.67. The number of rotatable bonds is 6. The van der Waals surface area contributed by atoms with Gasteiger partial charge in [0.1, 0.15) is 12.4 Å². The summed E-state index contributed by atoms with van der Waals surface area (Å²) in [6, 6.07) is 26.5. The molecule has 1 aromatic heterocycles. The molecule has 1 amide bonds. The summed E-state index contributed by atoms with van der Waals surface area (Å²) in [6.07, 6.45) is 11.6. The molecule has 0 bridgehead atoms. The summed E-state index contributed by atoms with van der Waals surface area (Å²) in [4.78, 5) is 19.2. The Bertz CT molecular complexity index is 1690.